The number of rotatable bonds is 7. The zero-order valence-electron chi connectivity index (χ0n) is 20.5. The first-order valence-electron chi connectivity index (χ1n) is 11.4. The van der Waals surface area contributed by atoms with E-state index in [4.69, 9.17) is 18.6 Å². The Morgan fingerprint density at radius 3 is 2.28 bits per heavy atom. The Kier molecular flexibility index (Phi) is 5.98. The molecule has 0 radical (unpaired) electrons. The number of carbonyl (C=O) groups excluding carboxylic acids is 1. The van der Waals surface area contributed by atoms with Gasteiger partial charge in [-0.2, -0.15) is 0 Å². The van der Waals surface area contributed by atoms with Crippen LogP contribution < -0.4 is 19.8 Å². The highest BCUT2D eigenvalue weighted by molar-refractivity contribution is 6.10. The molecule has 0 N–H and O–H groups in total. The summed E-state index contributed by atoms with van der Waals surface area (Å²) in [5.41, 5.74) is 3.90. The smallest absolute Gasteiger partial charge is 0.336 e. The normalized spacial score (nSPS) is 11.1. The van der Waals surface area contributed by atoms with Gasteiger partial charge in [0.15, 0.2) is 6.61 Å². The maximum Gasteiger partial charge on any atom is 0.336 e. The molecule has 3 aromatic carbocycles. The van der Waals surface area contributed by atoms with E-state index in [1.807, 2.05) is 67.1 Å². The quantitative estimate of drug-likeness (QED) is 0.223. The molecule has 0 unspecified atom stereocenters. The summed E-state index contributed by atoms with van der Waals surface area (Å²) in [5.74, 6) is 1.69. The van der Waals surface area contributed by atoms with Crippen molar-refractivity contribution in [2.75, 3.05) is 20.8 Å². The van der Waals surface area contributed by atoms with E-state index >= 15 is 0 Å². The van der Waals surface area contributed by atoms with Crippen molar-refractivity contribution >= 4 is 27.7 Å². The van der Waals surface area contributed by atoms with Gasteiger partial charge in [-0.25, -0.2) is 4.79 Å². The van der Waals surface area contributed by atoms with Crippen LogP contribution in [0.3, 0.4) is 0 Å². The molecule has 182 valence electrons. The lowest BCUT2D eigenvalue weighted by atomic mass is 10.0. The standard InChI is InChI=1S/C29H25NO6/c1-17-29(24-13-20(34-4)10-12-25(24)30(17)2)26(31)16-35-21-9-11-22-23(15-28(32)36-27(22)14-21)18-5-7-19(33-3)8-6-18/h5-15H,16H2,1-4H3. The predicted octanol–water partition coefficient (Wildman–Crippen LogP) is 5.54. The van der Waals surface area contributed by atoms with Crippen molar-refractivity contribution in [2.24, 2.45) is 7.05 Å². The molecule has 7 nitrogen and oxygen atoms in total. The highest BCUT2D eigenvalue weighted by Crippen LogP contribution is 2.32. The number of Topliss-reactive ketones (excluding diaryl/α,β-unsaturated/α-hetero) is 1. The fraction of sp³-hybridized carbons (Fsp3) is 0.172. The van der Waals surface area contributed by atoms with Gasteiger partial charge in [0, 0.05) is 46.7 Å². The summed E-state index contributed by atoms with van der Waals surface area (Å²) >= 11 is 0. The van der Waals surface area contributed by atoms with Crippen molar-refractivity contribution in [2.45, 2.75) is 6.92 Å². The summed E-state index contributed by atoms with van der Waals surface area (Å²) in [6.45, 7) is 1.75. The lowest BCUT2D eigenvalue weighted by Gasteiger charge is -2.10. The monoisotopic (exact) mass is 483 g/mol. The third-order valence-electron chi connectivity index (χ3n) is 6.47. The number of aromatic nitrogens is 1. The molecular weight excluding hydrogens is 458 g/mol. The van der Waals surface area contributed by atoms with Crippen LogP contribution >= 0.6 is 0 Å². The average molecular weight is 484 g/mol. The molecule has 0 atom stereocenters. The van der Waals surface area contributed by atoms with Crippen LogP contribution in [0.5, 0.6) is 17.2 Å². The fourth-order valence-corrected chi connectivity index (χ4v) is 4.49. The van der Waals surface area contributed by atoms with Gasteiger partial charge in [-0.1, -0.05) is 12.1 Å². The average Bonchev–Trinajstić information content (AvgIpc) is 3.15. The minimum Gasteiger partial charge on any atom is -0.497 e. The Morgan fingerprint density at radius 1 is 0.861 bits per heavy atom. The van der Waals surface area contributed by atoms with Gasteiger partial charge in [0.1, 0.15) is 22.8 Å². The van der Waals surface area contributed by atoms with Crippen LogP contribution in [-0.2, 0) is 7.05 Å². The number of ketones is 1. The first kappa shape index (κ1) is 23.2. The van der Waals surface area contributed by atoms with Crippen molar-refractivity contribution in [3.63, 3.8) is 0 Å². The molecule has 2 heterocycles. The molecule has 0 aliphatic rings. The van der Waals surface area contributed by atoms with Gasteiger partial charge in [0.05, 0.1) is 14.2 Å². The van der Waals surface area contributed by atoms with Gasteiger partial charge in [0.2, 0.25) is 5.78 Å². The number of methoxy groups -OCH3 is 2. The first-order valence-corrected chi connectivity index (χ1v) is 11.4. The summed E-state index contributed by atoms with van der Waals surface area (Å²) in [7, 11) is 5.12. The Hall–Kier alpha value is -4.52. The molecule has 2 aromatic heterocycles. The number of carbonyl (C=O) groups is 1. The third-order valence-corrected chi connectivity index (χ3v) is 6.47. The lowest BCUT2D eigenvalue weighted by Crippen LogP contribution is -2.13. The Morgan fingerprint density at radius 2 is 1.56 bits per heavy atom. The van der Waals surface area contributed by atoms with Crippen LogP contribution in [0, 0.1) is 6.92 Å². The second-order valence-corrected chi connectivity index (χ2v) is 8.48. The number of benzene rings is 3. The molecule has 0 fully saturated rings. The summed E-state index contributed by atoms with van der Waals surface area (Å²) in [4.78, 5) is 25.5. The van der Waals surface area contributed by atoms with E-state index in [9.17, 15) is 9.59 Å². The number of nitrogens with zero attached hydrogens (tertiary/aromatic N) is 1. The van der Waals surface area contributed by atoms with Crippen molar-refractivity contribution in [3.05, 3.63) is 88.4 Å². The van der Waals surface area contributed by atoms with Gasteiger partial charge >= 0.3 is 5.63 Å². The molecule has 0 aliphatic heterocycles. The molecule has 5 rings (SSSR count). The zero-order valence-corrected chi connectivity index (χ0v) is 20.5. The fourth-order valence-electron chi connectivity index (χ4n) is 4.49. The van der Waals surface area contributed by atoms with Crippen LogP contribution in [0.1, 0.15) is 16.1 Å². The molecule has 0 spiro atoms. The minimum atomic E-state index is -0.470. The molecule has 0 amide bonds. The maximum atomic E-state index is 13.2. The zero-order chi connectivity index (χ0) is 25.4. The van der Waals surface area contributed by atoms with Crippen molar-refractivity contribution in [1.82, 2.24) is 4.57 Å². The molecule has 0 saturated heterocycles. The van der Waals surface area contributed by atoms with E-state index < -0.39 is 5.63 Å². The van der Waals surface area contributed by atoms with E-state index in [1.54, 1.807) is 26.4 Å². The second kappa shape index (κ2) is 9.26. The number of ether oxygens (including phenoxy) is 3. The number of hydrogen-bond acceptors (Lipinski definition) is 6. The van der Waals surface area contributed by atoms with Crippen molar-refractivity contribution in [1.29, 1.82) is 0 Å². The molecule has 7 heteroatoms. The highest BCUT2D eigenvalue weighted by atomic mass is 16.5. The highest BCUT2D eigenvalue weighted by Gasteiger charge is 2.20. The Balaban J connectivity index is 1.44. The van der Waals surface area contributed by atoms with Crippen molar-refractivity contribution in [3.8, 4) is 28.4 Å². The van der Waals surface area contributed by atoms with Gasteiger partial charge in [0.25, 0.3) is 0 Å². The number of aryl methyl sites for hydroxylation is 1. The minimum absolute atomic E-state index is 0.153. The topological polar surface area (TPSA) is 79.9 Å². The summed E-state index contributed by atoms with van der Waals surface area (Å²) in [5, 5.41) is 1.58. The number of fused-ring (bicyclic) bond motifs is 2. The largest absolute Gasteiger partial charge is 0.497 e. The lowest BCUT2D eigenvalue weighted by molar-refractivity contribution is 0.0922. The van der Waals surface area contributed by atoms with E-state index in [2.05, 4.69) is 0 Å². The summed E-state index contributed by atoms with van der Waals surface area (Å²) in [6, 6.07) is 19.8. The van der Waals surface area contributed by atoms with E-state index in [0.29, 0.717) is 22.6 Å². The Labute approximate surface area is 207 Å². The predicted molar refractivity (Wildman–Crippen MR) is 139 cm³/mol. The SMILES string of the molecule is COc1ccc(-c2cc(=O)oc3cc(OCC(=O)c4c(C)n(C)c5ccc(OC)cc45)ccc23)cc1. The molecule has 5 aromatic rings. The maximum absolute atomic E-state index is 13.2. The molecule has 36 heavy (non-hydrogen) atoms. The summed E-state index contributed by atoms with van der Waals surface area (Å²) in [6.07, 6.45) is 0. The molecular formula is C29H25NO6. The van der Waals surface area contributed by atoms with Crippen LogP contribution in [0.2, 0.25) is 0 Å². The second-order valence-electron chi connectivity index (χ2n) is 8.48. The van der Waals surface area contributed by atoms with Crippen molar-refractivity contribution < 1.29 is 23.4 Å². The van der Waals surface area contributed by atoms with Gasteiger partial charge in [-0.3, -0.25) is 4.79 Å². The van der Waals surface area contributed by atoms with E-state index in [-0.39, 0.29) is 12.4 Å². The van der Waals surface area contributed by atoms with Gasteiger partial charge in [-0.15, -0.1) is 0 Å². The van der Waals surface area contributed by atoms with Crippen LogP contribution in [0.15, 0.2) is 75.9 Å². The van der Waals surface area contributed by atoms with E-state index in [0.717, 1.165) is 38.9 Å². The van der Waals surface area contributed by atoms with Crippen LogP contribution in [0.25, 0.3) is 33.0 Å². The van der Waals surface area contributed by atoms with Crippen LogP contribution in [0.4, 0.5) is 0 Å². The third kappa shape index (κ3) is 4.09. The Bertz CT molecular complexity index is 1660. The number of hydrogen-bond donors (Lipinski definition) is 0. The molecule has 0 bridgehead atoms. The van der Waals surface area contributed by atoms with E-state index in [1.165, 1.54) is 6.07 Å². The van der Waals surface area contributed by atoms with Crippen LogP contribution in [-0.4, -0.2) is 31.2 Å². The molecule has 0 aliphatic carbocycles. The van der Waals surface area contributed by atoms with Gasteiger partial charge < -0.3 is 23.2 Å². The summed E-state index contributed by atoms with van der Waals surface area (Å²) < 4.78 is 23.8. The van der Waals surface area contributed by atoms with Gasteiger partial charge in [-0.05, 0) is 60.5 Å². The first-order chi connectivity index (χ1) is 17.4. The molecule has 0 saturated carbocycles.